The summed E-state index contributed by atoms with van der Waals surface area (Å²) in [5, 5.41) is 0. The zero-order chi connectivity index (χ0) is 7.23. The minimum Gasteiger partial charge on any atom is -0.381 e. The minimum atomic E-state index is 0.899. The predicted molar refractivity (Wildman–Crippen MR) is 46.6 cm³/mol. The topological polar surface area (TPSA) is 9.23 Å². The van der Waals surface area contributed by atoms with Crippen LogP contribution < -0.4 is 0 Å². The molecule has 0 unspecified atom stereocenters. The van der Waals surface area contributed by atoms with Crippen LogP contribution in [-0.4, -0.2) is 19.0 Å². The Bertz CT molecular complexity index is 81.3. The highest BCUT2D eigenvalue weighted by molar-refractivity contribution is 7.80. The van der Waals surface area contributed by atoms with Gasteiger partial charge in [0.15, 0.2) is 0 Å². The highest BCUT2D eigenvalue weighted by Gasteiger charge is 2.20. The molecule has 1 aliphatic carbocycles. The van der Waals surface area contributed by atoms with Crippen LogP contribution in [0.5, 0.6) is 0 Å². The van der Waals surface area contributed by atoms with E-state index >= 15 is 0 Å². The number of thiol groups is 1. The van der Waals surface area contributed by atoms with E-state index in [0.717, 1.165) is 31.3 Å². The first-order valence-electron chi connectivity index (χ1n) is 4.12. The molecule has 1 fully saturated rings. The number of hydrogen-bond acceptors (Lipinski definition) is 2. The van der Waals surface area contributed by atoms with Crippen LogP contribution in [0.15, 0.2) is 0 Å². The Labute approximate surface area is 68.6 Å². The van der Waals surface area contributed by atoms with Crippen molar-refractivity contribution in [2.75, 3.05) is 19.0 Å². The van der Waals surface area contributed by atoms with E-state index in [-0.39, 0.29) is 0 Å². The molecule has 0 atom stereocenters. The largest absolute Gasteiger partial charge is 0.381 e. The third kappa shape index (κ3) is 4.18. The third-order valence-corrected chi connectivity index (χ3v) is 2.13. The minimum absolute atomic E-state index is 0.899. The van der Waals surface area contributed by atoms with Gasteiger partial charge in [-0.15, -0.1) is 0 Å². The molecule has 0 aromatic rings. The fourth-order valence-electron chi connectivity index (χ4n) is 0.925. The Morgan fingerprint density at radius 2 is 2.10 bits per heavy atom. The van der Waals surface area contributed by atoms with Crippen LogP contribution in [0, 0.1) is 5.92 Å². The second-order valence-electron chi connectivity index (χ2n) is 2.92. The van der Waals surface area contributed by atoms with Crippen LogP contribution >= 0.6 is 12.6 Å². The standard InChI is InChI=1S/C8H16OS/c10-7-1-5-9-6-4-8-2-3-8/h8,10H,1-7H2. The van der Waals surface area contributed by atoms with Gasteiger partial charge in [-0.3, -0.25) is 0 Å². The summed E-state index contributed by atoms with van der Waals surface area (Å²) in [4.78, 5) is 0. The fraction of sp³-hybridized carbons (Fsp3) is 1.00. The van der Waals surface area contributed by atoms with Crippen molar-refractivity contribution in [1.82, 2.24) is 0 Å². The van der Waals surface area contributed by atoms with E-state index in [1.54, 1.807) is 0 Å². The molecule has 0 radical (unpaired) electrons. The van der Waals surface area contributed by atoms with Crippen molar-refractivity contribution in [3.8, 4) is 0 Å². The van der Waals surface area contributed by atoms with Gasteiger partial charge in [0.2, 0.25) is 0 Å². The van der Waals surface area contributed by atoms with E-state index in [4.69, 9.17) is 4.74 Å². The van der Waals surface area contributed by atoms with Crippen molar-refractivity contribution in [3.05, 3.63) is 0 Å². The van der Waals surface area contributed by atoms with Gasteiger partial charge in [-0.05, 0) is 24.5 Å². The van der Waals surface area contributed by atoms with Crippen LogP contribution in [0.4, 0.5) is 0 Å². The zero-order valence-corrected chi connectivity index (χ0v) is 7.28. The molecule has 0 amide bonds. The molecule has 0 aromatic heterocycles. The van der Waals surface area contributed by atoms with Crippen molar-refractivity contribution in [3.63, 3.8) is 0 Å². The SMILES string of the molecule is SCCCOCCC1CC1. The van der Waals surface area contributed by atoms with Crippen molar-refractivity contribution in [1.29, 1.82) is 0 Å². The lowest BCUT2D eigenvalue weighted by molar-refractivity contribution is 0.129. The molecule has 1 rings (SSSR count). The maximum absolute atomic E-state index is 5.38. The second kappa shape index (κ2) is 5.03. The lowest BCUT2D eigenvalue weighted by Gasteiger charge is -2.00. The Balaban J connectivity index is 1.68. The first-order chi connectivity index (χ1) is 4.93. The molecule has 0 aliphatic heterocycles. The van der Waals surface area contributed by atoms with Gasteiger partial charge >= 0.3 is 0 Å². The molecule has 1 saturated carbocycles. The van der Waals surface area contributed by atoms with E-state index < -0.39 is 0 Å². The molecular weight excluding hydrogens is 144 g/mol. The molecular formula is C8H16OS. The fourth-order valence-corrected chi connectivity index (χ4v) is 1.05. The molecule has 0 aromatic carbocycles. The summed E-state index contributed by atoms with van der Waals surface area (Å²) in [6.07, 6.45) is 5.26. The van der Waals surface area contributed by atoms with Gasteiger partial charge in [0.05, 0.1) is 0 Å². The number of ether oxygens (including phenoxy) is 1. The van der Waals surface area contributed by atoms with Gasteiger partial charge in [0.25, 0.3) is 0 Å². The molecule has 0 spiro atoms. The first-order valence-corrected chi connectivity index (χ1v) is 4.75. The Morgan fingerprint density at radius 1 is 1.30 bits per heavy atom. The van der Waals surface area contributed by atoms with Crippen molar-refractivity contribution < 1.29 is 4.74 Å². The average molecular weight is 160 g/mol. The highest BCUT2D eigenvalue weighted by atomic mass is 32.1. The van der Waals surface area contributed by atoms with Gasteiger partial charge in [0, 0.05) is 13.2 Å². The average Bonchev–Trinajstić information content (AvgIpc) is 2.71. The monoisotopic (exact) mass is 160 g/mol. The molecule has 60 valence electrons. The Hall–Kier alpha value is 0.310. The lowest BCUT2D eigenvalue weighted by atomic mass is 10.3. The van der Waals surface area contributed by atoms with Crippen LogP contribution in [0.2, 0.25) is 0 Å². The molecule has 0 bridgehead atoms. The smallest absolute Gasteiger partial charge is 0.0473 e. The lowest BCUT2D eigenvalue weighted by Crippen LogP contribution is -1.97. The number of hydrogen-bond donors (Lipinski definition) is 1. The van der Waals surface area contributed by atoms with E-state index in [9.17, 15) is 0 Å². The maximum Gasteiger partial charge on any atom is 0.0473 e. The quantitative estimate of drug-likeness (QED) is 0.462. The maximum atomic E-state index is 5.38. The summed E-state index contributed by atoms with van der Waals surface area (Å²) >= 11 is 4.10. The van der Waals surface area contributed by atoms with Gasteiger partial charge in [0.1, 0.15) is 0 Å². The predicted octanol–water partition coefficient (Wildman–Crippen LogP) is 2.12. The molecule has 0 heterocycles. The molecule has 1 nitrogen and oxygen atoms in total. The van der Waals surface area contributed by atoms with Crippen LogP contribution in [0.3, 0.4) is 0 Å². The molecule has 1 aliphatic rings. The van der Waals surface area contributed by atoms with Crippen LogP contribution in [-0.2, 0) is 4.74 Å². The third-order valence-electron chi connectivity index (χ3n) is 1.81. The summed E-state index contributed by atoms with van der Waals surface area (Å²) in [5.74, 6) is 1.96. The number of rotatable bonds is 6. The van der Waals surface area contributed by atoms with Crippen LogP contribution in [0.1, 0.15) is 25.7 Å². The zero-order valence-electron chi connectivity index (χ0n) is 6.38. The Kier molecular flexibility index (Phi) is 4.23. The van der Waals surface area contributed by atoms with E-state index in [0.29, 0.717) is 0 Å². The van der Waals surface area contributed by atoms with E-state index in [1.165, 1.54) is 19.3 Å². The van der Waals surface area contributed by atoms with E-state index in [1.807, 2.05) is 0 Å². The normalized spacial score (nSPS) is 17.7. The highest BCUT2D eigenvalue weighted by Crippen LogP contribution is 2.31. The summed E-state index contributed by atoms with van der Waals surface area (Å²) in [6, 6.07) is 0. The molecule has 0 N–H and O–H groups in total. The first kappa shape index (κ1) is 8.41. The van der Waals surface area contributed by atoms with Gasteiger partial charge in [-0.2, -0.15) is 12.6 Å². The van der Waals surface area contributed by atoms with Crippen molar-refractivity contribution in [2.24, 2.45) is 5.92 Å². The van der Waals surface area contributed by atoms with Crippen molar-refractivity contribution in [2.45, 2.75) is 25.7 Å². The molecule has 2 heteroatoms. The molecule has 10 heavy (non-hydrogen) atoms. The van der Waals surface area contributed by atoms with Gasteiger partial charge < -0.3 is 4.74 Å². The Morgan fingerprint density at radius 3 is 2.70 bits per heavy atom. The summed E-state index contributed by atoms with van der Waals surface area (Å²) < 4.78 is 5.38. The van der Waals surface area contributed by atoms with Gasteiger partial charge in [-0.1, -0.05) is 12.8 Å². The molecule has 0 saturated heterocycles. The second-order valence-corrected chi connectivity index (χ2v) is 3.37. The van der Waals surface area contributed by atoms with E-state index in [2.05, 4.69) is 12.6 Å². The van der Waals surface area contributed by atoms with Crippen LogP contribution in [0.25, 0.3) is 0 Å². The summed E-state index contributed by atoms with van der Waals surface area (Å²) in [7, 11) is 0. The summed E-state index contributed by atoms with van der Waals surface area (Å²) in [6.45, 7) is 1.87. The van der Waals surface area contributed by atoms with Gasteiger partial charge in [-0.25, -0.2) is 0 Å². The summed E-state index contributed by atoms with van der Waals surface area (Å²) in [5.41, 5.74) is 0. The van der Waals surface area contributed by atoms with Crippen molar-refractivity contribution >= 4 is 12.6 Å².